The van der Waals surface area contributed by atoms with Crippen LogP contribution in [0.3, 0.4) is 0 Å². The van der Waals surface area contributed by atoms with Gasteiger partial charge in [-0.1, -0.05) is 133 Å². The number of hydrogen-bond donors (Lipinski definition) is 0. The standard InChI is InChI=1S/2C20H15P.C8H12.ClHO4.Rh/c2*1-4-10-18(11-5-1)16-17-21(19-12-6-2-7-13-19)20-14-8-3-9-15-20;1-2-4-6-8-7-5-3-1;2-1(3,4)5;/h2*1-15H;1-2,7-8H,3-6H2;(H,2,3,4,5);/p+1/b;;2-1-,8-7-;;. The average Bonchev–Trinajstić information content (AvgIpc) is 3.20. The molecular formula is C48H44ClO4P2Rh+. The number of rotatable bonds is 4. The van der Waals surface area contributed by atoms with Crippen molar-refractivity contribution in [2.24, 2.45) is 0 Å². The zero-order valence-electron chi connectivity index (χ0n) is 30.8. The number of allylic oxidation sites excluding steroid dienone is 4. The number of benzene rings is 6. The summed E-state index contributed by atoms with van der Waals surface area (Å²) in [4.78, 5) is 0. The summed E-state index contributed by atoms with van der Waals surface area (Å²) < 4.78 is 34.0. The molecule has 4 nitrogen and oxygen atoms in total. The Kier molecular flexibility index (Phi) is 22.3. The molecule has 0 atom stereocenters. The summed E-state index contributed by atoms with van der Waals surface area (Å²) >= 11 is 0. The fraction of sp³-hybridized carbons (Fsp3) is 0.0833. The van der Waals surface area contributed by atoms with Crippen LogP contribution in [0.2, 0.25) is 0 Å². The van der Waals surface area contributed by atoms with E-state index in [-0.39, 0.29) is 19.5 Å². The Bertz CT molecular complexity index is 1860. The van der Waals surface area contributed by atoms with Crippen molar-refractivity contribution >= 4 is 37.1 Å². The van der Waals surface area contributed by atoms with Gasteiger partial charge in [-0.3, -0.25) is 0 Å². The van der Waals surface area contributed by atoms with Gasteiger partial charge in [0.1, 0.15) is 37.1 Å². The molecule has 0 fully saturated rings. The van der Waals surface area contributed by atoms with Crippen molar-refractivity contribution in [2.45, 2.75) is 25.7 Å². The van der Waals surface area contributed by atoms with Crippen molar-refractivity contribution in [3.63, 3.8) is 0 Å². The van der Waals surface area contributed by atoms with Gasteiger partial charge in [0.25, 0.3) is 0 Å². The first-order valence-corrected chi connectivity index (χ1v) is 22.1. The van der Waals surface area contributed by atoms with Crippen molar-refractivity contribution in [3.05, 3.63) is 217 Å². The summed E-state index contributed by atoms with van der Waals surface area (Å²) in [5.74, 6) is 6.67. The fourth-order valence-corrected chi connectivity index (χ4v) is 9.10. The first kappa shape index (κ1) is 45.9. The molecule has 0 saturated heterocycles. The van der Waals surface area contributed by atoms with Gasteiger partial charge < -0.3 is 0 Å². The summed E-state index contributed by atoms with van der Waals surface area (Å²) in [5, 5.41) is 5.32. The van der Waals surface area contributed by atoms with Gasteiger partial charge in [0.2, 0.25) is 0 Å². The maximum atomic E-state index is 8.49. The van der Waals surface area contributed by atoms with E-state index in [4.69, 9.17) is 18.6 Å². The predicted octanol–water partition coefficient (Wildman–Crippen LogP) is 5.64. The van der Waals surface area contributed by atoms with Gasteiger partial charge in [0, 0.05) is 30.6 Å². The van der Waals surface area contributed by atoms with Crippen LogP contribution in [0.25, 0.3) is 0 Å². The van der Waals surface area contributed by atoms with Gasteiger partial charge in [-0.25, -0.2) is 18.6 Å². The summed E-state index contributed by atoms with van der Waals surface area (Å²) in [6.07, 6.45) is 14.0. The van der Waals surface area contributed by atoms with Crippen LogP contribution in [0.4, 0.5) is 0 Å². The minimum atomic E-state index is -4.94. The van der Waals surface area contributed by atoms with Gasteiger partial charge in [0.15, 0.2) is 0 Å². The largest absolute Gasteiger partial charge is 0.222 e. The third kappa shape index (κ3) is 19.4. The van der Waals surface area contributed by atoms with Crippen LogP contribution in [-0.2, 0) is 19.5 Å². The molecule has 0 heterocycles. The molecule has 8 heteroatoms. The first-order valence-electron chi connectivity index (χ1n) is 17.9. The summed E-state index contributed by atoms with van der Waals surface area (Å²) in [6, 6.07) is 62.8. The molecule has 0 unspecified atom stereocenters. The SMILES string of the molecule is C(#C[PH+](c1ccccc1)c1ccccc1)c1ccccc1.C(#C[PH+](c1ccccc1)c1ccccc1)c1ccccc1.C1=C\CC/C=C\CC/1.[O-][Cl+3]([O-])([O-])[O-].[Rh]. The van der Waals surface area contributed by atoms with Gasteiger partial charge >= 0.3 is 0 Å². The van der Waals surface area contributed by atoms with Gasteiger partial charge in [0.05, 0.1) is 11.3 Å². The van der Waals surface area contributed by atoms with E-state index in [1.54, 1.807) is 0 Å². The molecular weight excluding hydrogens is 841 g/mol. The van der Waals surface area contributed by atoms with Gasteiger partial charge in [-0.2, -0.15) is 0 Å². The Morgan fingerprint density at radius 1 is 0.339 bits per heavy atom. The number of hydrogen-bond acceptors (Lipinski definition) is 4. The molecule has 1 aliphatic rings. The normalized spacial score (nSPS) is 12.5. The van der Waals surface area contributed by atoms with E-state index in [9.17, 15) is 0 Å². The maximum absolute atomic E-state index is 8.49. The Morgan fingerprint density at radius 2 is 0.536 bits per heavy atom. The first-order chi connectivity index (χ1) is 26.9. The number of halogens is 1. The molecule has 285 valence electrons. The van der Waals surface area contributed by atoms with Crippen LogP contribution in [0.1, 0.15) is 36.8 Å². The molecule has 0 bridgehead atoms. The third-order valence-electron chi connectivity index (χ3n) is 7.79. The minimum absolute atomic E-state index is 0. The van der Waals surface area contributed by atoms with Crippen LogP contribution < -0.4 is 39.9 Å². The average molecular weight is 885 g/mol. The van der Waals surface area contributed by atoms with Crippen molar-refractivity contribution in [1.29, 1.82) is 0 Å². The molecule has 0 aliphatic heterocycles. The molecule has 0 saturated carbocycles. The monoisotopic (exact) mass is 884 g/mol. The zero-order valence-corrected chi connectivity index (χ0v) is 35.2. The Labute approximate surface area is 349 Å². The molecule has 56 heavy (non-hydrogen) atoms. The van der Waals surface area contributed by atoms with E-state index in [0.717, 1.165) is 11.1 Å². The fourth-order valence-electron chi connectivity index (χ4n) is 5.21. The van der Waals surface area contributed by atoms with Crippen molar-refractivity contribution in [2.75, 3.05) is 0 Å². The second kappa shape index (κ2) is 27.2. The molecule has 0 aromatic heterocycles. The Hall–Kier alpha value is -4.47. The Balaban J connectivity index is 0.000000226. The van der Waals surface area contributed by atoms with Crippen LogP contribution in [-0.4, -0.2) is 0 Å². The molecule has 1 radical (unpaired) electrons. The molecule has 1 aliphatic carbocycles. The smallest absolute Gasteiger partial charge is 0.144 e. The summed E-state index contributed by atoms with van der Waals surface area (Å²) in [5.41, 5.74) is 9.19. The third-order valence-corrected chi connectivity index (χ3v) is 12.2. The van der Waals surface area contributed by atoms with E-state index < -0.39 is 26.1 Å². The molecule has 6 aromatic carbocycles. The van der Waals surface area contributed by atoms with Gasteiger partial charge in [-0.05, 0) is 110 Å². The van der Waals surface area contributed by atoms with Crippen LogP contribution in [0.5, 0.6) is 0 Å². The van der Waals surface area contributed by atoms with E-state index >= 15 is 0 Å². The molecule has 0 amide bonds. The second-order valence-electron chi connectivity index (χ2n) is 11.9. The Morgan fingerprint density at radius 3 is 0.750 bits per heavy atom. The minimum Gasteiger partial charge on any atom is -0.222 e. The predicted molar refractivity (Wildman–Crippen MR) is 224 cm³/mol. The maximum Gasteiger partial charge on any atom is 0.144 e. The van der Waals surface area contributed by atoms with Crippen molar-refractivity contribution in [1.82, 2.24) is 0 Å². The zero-order chi connectivity index (χ0) is 38.8. The molecule has 7 rings (SSSR count). The van der Waals surface area contributed by atoms with E-state index in [2.05, 4.69) is 193 Å². The van der Waals surface area contributed by atoms with Crippen molar-refractivity contribution in [3.8, 4) is 23.2 Å². The molecule has 6 aromatic rings. The second-order valence-corrected chi connectivity index (χ2v) is 17.0. The van der Waals surface area contributed by atoms with Crippen LogP contribution in [0, 0.1) is 33.4 Å². The van der Waals surface area contributed by atoms with E-state index in [0.29, 0.717) is 0 Å². The quantitative estimate of drug-likeness (QED) is 0.0994. The van der Waals surface area contributed by atoms with Crippen LogP contribution in [0.15, 0.2) is 206 Å². The topological polar surface area (TPSA) is 92.2 Å². The van der Waals surface area contributed by atoms with E-state index in [1.807, 2.05) is 36.4 Å². The van der Waals surface area contributed by atoms with E-state index in [1.165, 1.54) is 46.9 Å². The summed E-state index contributed by atoms with van der Waals surface area (Å²) in [7, 11) is -7.06. The molecule has 0 spiro atoms. The molecule has 0 N–H and O–H groups in total. The summed E-state index contributed by atoms with van der Waals surface area (Å²) in [6.45, 7) is 0. The van der Waals surface area contributed by atoms with Gasteiger partial charge in [-0.15, -0.1) is 10.2 Å². The van der Waals surface area contributed by atoms with Crippen molar-refractivity contribution < 1.29 is 48.4 Å². The van der Waals surface area contributed by atoms with Crippen LogP contribution >= 0.6 is 15.8 Å².